The molecular weight excluding hydrogens is 266 g/mol. The Morgan fingerprint density at radius 2 is 1.68 bits per heavy atom. The minimum atomic E-state index is -1.86. The second kappa shape index (κ2) is 6.01. The van der Waals surface area contributed by atoms with E-state index >= 15 is 0 Å². The van der Waals surface area contributed by atoms with E-state index in [0.717, 1.165) is 0 Å². The molecule has 0 spiro atoms. The molecule has 0 radical (unpaired) electrons. The first-order valence-electron chi connectivity index (χ1n) is 5.41. The van der Waals surface area contributed by atoms with E-state index in [1.54, 1.807) is 36.4 Å². The van der Waals surface area contributed by atoms with Gasteiger partial charge in [0.05, 0.1) is 11.3 Å². The summed E-state index contributed by atoms with van der Waals surface area (Å²) < 4.78 is 19.4. The number of carbonyl (C=O) groups is 1. The molecule has 1 unspecified atom stereocenters. The summed E-state index contributed by atoms with van der Waals surface area (Å²) in [5.74, 6) is -0.666. The van der Waals surface area contributed by atoms with Gasteiger partial charge in [-0.25, -0.2) is 4.79 Å². The standard InChI is InChI=1S/C13H11NO4S/c15-13(16)11-8-4-5-9-12(11)14-19(17)18-10-6-2-1-3-7-10/h1-9,14H,(H,15,16). The Bertz CT molecular complexity index is 601. The van der Waals surface area contributed by atoms with Gasteiger partial charge in [-0.2, -0.15) is 4.21 Å². The molecule has 0 aliphatic rings. The number of carboxylic acids is 1. The predicted molar refractivity (Wildman–Crippen MR) is 72.2 cm³/mol. The molecule has 5 nitrogen and oxygen atoms in total. The molecule has 0 bridgehead atoms. The van der Waals surface area contributed by atoms with Crippen molar-refractivity contribution in [3.63, 3.8) is 0 Å². The van der Waals surface area contributed by atoms with E-state index in [1.165, 1.54) is 12.1 Å². The average Bonchev–Trinajstić information content (AvgIpc) is 2.40. The highest BCUT2D eigenvalue weighted by Gasteiger charge is 2.11. The molecule has 2 N–H and O–H groups in total. The number of para-hydroxylation sites is 2. The van der Waals surface area contributed by atoms with Crippen LogP contribution in [0, 0.1) is 0 Å². The molecule has 0 saturated carbocycles. The van der Waals surface area contributed by atoms with E-state index in [-0.39, 0.29) is 11.3 Å². The van der Waals surface area contributed by atoms with Crippen molar-refractivity contribution in [1.82, 2.24) is 0 Å². The summed E-state index contributed by atoms with van der Waals surface area (Å²) in [6.45, 7) is 0. The summed E-state index contributed by atoms with van der Waals surface area (Å²) in [5.41, 5.74) is 0.275. The van der Waals surface area contributed by atoms with Gasteiger partial charge >= 0.3 is 17.2 Å². The van der Waals surface area contributed by atoms with E-state index in [2.05, 4.69) is 4.72 Å². The van der Waals surface area contributed by atoms with Crippen LogP contribution in [-0.4, -0.2) is 15.3 Å². The summed E-state index contributed by atoms with van der Waals surface area (Å²) in [5, 5.41) is 8.99. The van der Waals surface area contributed by atoms with Gasteiger partial charge in [-0.05, 0) is 24.3 Å². The maximum Gasteiger partial charge on any atom is 0.337 e. The molecule has 2 aromatic carbocycles. The van der Waals surface area contributed by atoms with Crippen molar-refractivity contribution >= 4 is 22.9 Å². The fraction of sp³-hybridized carbons (Fsp3) is 0. The van der Waals surface area contributed by atoms with E-state index in [4.69, 9.17) is 9.29 Å². The van der Waals surface area contributed by atoms with Crippen molar-refractivity contribution in [2.45, 2.75) is 0 Å². The largest absolute Gasteiger partial charge is 0.478 e. The zero-order chi connectivity index (χ0) is 13.7. The minimum absolute atomic E-state index is 0.0347. The third kappa shape index (κ3) is 3.56. The van der Waals surface area contributed by atoms with Crippen LogP contribution >= 0.6 is 0 Å². The number of carboxylic acid groups (broad SMARTS) is 1. The topological polar surface area (TPSA) is 75.6 Å². The molecule has 0 aliphatic heterocycles. The molecule has 0 fully saturated rings. The zero-order valence-electron chi connectivity index (χ0n) is 9.78. The first-order valence-corrected chi connectivity index (χ1v) is 6.48. The SMILES string of the molecule is O=C(O)c1ccccc1NS(=O)Oc1ccccc1. The lowest BCUT2D eigenvalue weighted by Crippen LogP contribution is -2.13. The van der Waals surface area contributed by atoms with Crippen molar-refractivity contribution in [3.8, 4) is 5.75 Å². The molecule has 0 aromatic heterocycles. The first kappa shape index (κ1) is 13.1. The highest BCUT2D eigenvalue weighted by molar-refractivity contribution is 7.82. The third-order valence-electron chi connectivity index (χ3n) is 2.27. The van der Waals surface area contributed by atoms with Crippen LogP contribution in [0.2, 0.25) is 0 Å². The van der Waals surface area contributed by atoms with Gasteiger partial charge in [-0.3, -0.25) is 4.72 Å². The summed E-state index contributed by atoms with van der Waals surface area (Å²) in [4.78, 5) is 11.0. The van der Waals surface area contributed by atoms with Gasteiger partial charge in [0.2, 0.25) is 0 Å². The second-order valence-corrected chi connectivity index (χ2v) is 4.42. The molecule has 2 rings (SSSR count). The van der Waals surface area contributed by atoms with Crippen molar-refractivity contribution in [1.29, 1.82) is 0 Å². The van der Waals surface area contributed by atoms with Gasteiger partial charge < -0.3 is 9.29 Å². The number of benzene rings is 2. The Morgan fingerprint density at radius 3 is 2.37 bits per heavy atom. The monoisotopic (exact) mass is 277 g/mol. The number of nitrogens with one attached hydrogen (secondary N) is 1. The highest BCUT2D eigenvalue weighted by atomic mass is 32.2. The Morgan fingerprint density at radius 1 is 1.05 bits per heavy atom. The Kier molecular flexibility index (Phi) is 4.15. The van der Waals surface area contributed by atoms with E-state index < -0.39 is 17.2 Å². The molecule has 0 heterocycles. The van der Waals surface area contributed by atoms with Crippen LogP contribution in [-0.2, 0) is 11.3 Å². The molecule has 98 valence electrons. The first-order chi connectivity index (χ1) is 9.16. The average molecular weight is 277 g/mol. The highest BCUT2D eigenvalue weighted by Crippen LogP contribution is 2.17. The molecule has 0 aliphatic carbocycles. The molecule has 0 saturated heterocycles. The molecule has 2 aromatic rings. The van der Waals surface area contributed by atoms with Crippen LogP contribution < -0.4 is 8.91 Å². The maximum atomic E-state index is 11.7. The van der Waals surface area contributed by atoms with Gasteiger partial charge in [-0.1, -0.05) is 30.3 Å². The maximum absolute atomic E-state index is 11.7. The number of rotatable bonds is 5. The number of anilines is 1. The summed E-state index contributed by atoms with van der Waals surface area (Å²) in [6.07, 6.45) is 0. The van der Waals surface area contributed by atoms with Gasteiger partial charge in [-0.15, -0.1) is 0 Å². The quantitative estimate of drug-likeness (QED) is 0.880. The lowest BCUT2D eigenvalue weighted by Gasteiger charge is -2.09. The van der Waals surface area contributed by atoms with E-state index in [9.17, 15) is 9.00 Å². The van der Waals surface area contributed by atoms with E-state index in [1.807, 2.05) is 6.07 Å². The Balaban J connectivity index is 2.09. The number of hydrogen-bond donors (Lipinski definition) is 2. The van der Waals surface area contributed by atoms with E-state index in [0.29, 0.717) is 5.75 Å². The third-order valence-corrected chi connectivity index (χ3v) is 3.00. The zero-order valence-corrected chi connectivity index (χ0v) is 10.6. The molecule has 1 atom stereocenters. The van der Waals surface area contributed by atoms with Crippen LogP contribution in [0.15, 0.2) is 54.6 Å². The predicted octanol–water partition coefficient (Wildman–Crippen LogP) is 2.45. The smallest absolute Gasteiger partial charge is 0.337 e. The summed E-state index contributed by atoms with van der Waals surface area (Å²) in [6, 6.07) is 14.8. The second-order valence-electron chi connectivity index (χ2n) is 3.58. The molecule has 19 heavy (non-hydrogen) atoms. The normalized spacial score (nSPS) is 11.6. The summed E-state index contributed by atoms with van der Waals surface area (Å²) >= 11 is -1.86. The van der Waals surface area contributed by atoms with Crippen molar-refractivity contribution in [2.24, 2.45) is 0 Å². The van der Waals surface area contributed by atoms with Gasteiger partial charge in [0.1, 0.15) is 5.75 Å². The number of aromatic carboxylic acids is 1. The van der Waals surface area contributed by atoms with Gasteiger partial charge in [0, 0.05) is 0 Å². The van der Waals surface area contributed by atoms with Crippen molar-refractivity contribution in [3.05, 3.63) is 60.2 Å². The minimum Gasteiger partial charge on any atom is -0.478 e. The lowest BCUT2D eigenvalue weighted by atomic mass is 10.2. The fourth-order valence-electron chi connectivity index (χ4n) is 1.43. The van der Waals surface area contributed by atoms with Crippen LogP contribution in [0.4, 0.5) is 5.69 Å². The van der Waals surface area contributed by atoms with Gasteiger partial charge in [0.25, 0.3) is 0 Å². The lowest BCUT2D eigenvalue weighted by molar-refractivity contribution is 0.0698. The molecule has 6 heteroatoms. The Labute approximate surface area is 112 Å². The van der Waals surface area contributed by atoms with Crippen molar-refractivity contribution < 1.29 is 18.3 Å². The van der Waals surface area contributed by atoms with Gasteiger partial charge in [0.15, 0.2) is 0 Å². The number of hydrogen-bond acceptors (Lipinski definition) is 3. The molecular formula is C13H11NO4S. The molecule has 0 amide bonds. The summed E-state index contributed by atoms with van der Waals surface area (Å²) in [7, 11) is 0. The van der Waals surface area contributed by atoms with Crippen LogP contribution in [0.5, 0.6) is 5.75 Å². The van der Waals surface area contributed by atoms with Crippen LogP contribution in [0.1, 0.15) is 10.4 Å². The van der Waals surface area contributed by atoms with Crippen LogP contribution in [0.25, 0.3) is 0 Å². The fourth-order valence-corrected chi connectivity index (χ4v) is 2.12. The van der Waals surface area contributed by atoms with Crippen molar-refractivity contribution in [2.75, 3.05) is 4.72 Å². The Hall–Kier alpha value is -2.34. The van der Waals surface area contributed by atoms with Crippen LogP contribution in [0.3, 0.4) is 0 Å².